The maximum atomic E-state index is 12.3. The van der Waals surface area contributed by atoms with Crippen LogP contribution in [0.3, 0.4) is 0 Å². The molecule has 0 aromatic heterocycles. The third-order valence-corrected chi connectivity index (χ3v) is 5.38. The molecule has 0 fully saturated rings. The molecule has 126 valence electrons. The first kappa shape index (κ1) is 17.2. The number of fused-ring (bicyclic) bond motifs is 1. The molecule has 5 heteroatoms. The number of para-hydroxylation sites is 1. The van der Waals surface area contributed by atoms with Gasteiger partial charge in [-0.25, -0.2) is 0 Å². The lowest BCUT2D eigenvalue weighted by Gasteiger charge is -2.25. The van der Waals surface area contributed by atoms with Gasteiger partial charge < -0.3 is 10.1 Å². The smallest absolute Gasteiger partial charge is 0.233 e. The van der Waals surface area contributed by atoms with Crippen molar-refractivity contribution in [2.75, 3.05) is 13.2 Å². The van der Waals surface area contributed by atoms with Crippen molar-refractivity contribution in [2.45, 2.75) is 23.5 Å². The van der Waals surface area contributed by atoms with Crippen LogP contribution in [0, 0.1) is 5.92 Å². The molecule has 3 rings (SSSR count). The predicted molar refractivity (Wildman–Crippen MR) is 98.9 cm³/mol. The first-order valence-corrected chi connectivity index (χ1v) is 9.28. The zero-order valence-electron chi connectivity index (χ0n) is 13.5. The van der Waals surface area contributed by atoms with Crippen molar-refractivity contribution in [3.05, 3.63) is 59.1 Å². The first-order chi connectivity index (χ1) is 11.6. The van der Waals surface area contributed by atoms with Gasteiger partial charge in [0.15, 0.2) is 0 Å². The summed E-state index contributed by atoms with van der Waals surface area (Å²) in [6.45, 7) is 3.20. The van der Waals surface area contributed by atoms with E-state index in [1.54, 1.807) is 0 Å². The number of amides is 1. The minimum atomic E-state index is -0.150. The van der Waals surface area contributed by atoms with Gasteiger partial charge in [0, 0.05) is 22.4 Å². The number of hydrogen-bond donors (Lipinski definition) is 1. The molecule has 2 atom stereocenters. The van der Waals surface area contributed by atoms with Crippen LogP contribution in [0.2, 0.25) is 5.02 Å². The van der Waals surface area contributed by atoms with Gasteiger partial charge in [0.2, 0.25) is 5.91 Å². The summed E-state index contributed by atoms with van der Waals surface area (Å²) in [7, 11) is 0. The number of carbonyl (C=O) groups is 1. The van der Waals surface area contributed by atoms with E-state index < -0.39 is 0 Å². The first-order valence-electron chi connectivity index (χ1n) is 8.02. The predicted octanol–water partition coefficient (Wildman–Crippen LogP) is 4.19. The normalized spacial score (nSPS) is 17.5. The second-order valence-electron chi connectivity index (χ2n) is 5.95. The Kier molecular flexibility index (Phi) is 5.69. The van der Waals surface area contributed by atoms with Crippen molar-refractivity contribution in [1.82, 2.24) is 5.32 Å². The van der Waals surface area contributed by atoms with Gasteiger partial charge in [-0.1, -0.05) is 29.8 Å². The van der Waals surface area contributed by atoms with E-state index in [1.165, 1.54) is 17.3 Å². The van der Waals surface area contributed by atoms with Crippen LogP contribution in [-0.2, 0) is 11.2 Å². The Bertz CT molecular complexity index is 705. The number of rotatable bonds is 5. The van der Waals surface area contributed by atoms with E-state index in [9.17, 15) is 4.79 Å². The van der Waals surface area contributed by atoms with E-state index in [0.29, 0.717) is 24.1 Å². The fourth-order valence-corrected chi connectivity index (χ4v) is 3.70. The Balaban J connectivity index is 1.48. The standard InChI is InChI=1S/C19H20ClNO2S/c1-13(24-17-8-6-16(20)7-9-17)19(22)21-11-14-10-15-4-2-3-5-18(15)23-12-14/h2-9,13-14H,10-12H2,1H3,(H,21,22). The monoisotopic (exact) mass is 361 g/mol. The second-order valence-corrected chi connectivity index (χ2v) is 7.80. The molecule has 1 aliphatic rings. The zero-order valence-corrected chi connectivity index (χ0v) is 15.1. The highest BCUT2D eigenvalue weighted by Gasteiger charge is 2.21. The Hall–Kier alpha value is -1.65. The van der Waals surface area contributed by atoms with E-state index in [1.807, 2.05) is 49.4 Å². The number of thioether (sulfide) groups is 1. The van der Waals surface area contributed by atoms with Crippen molar-refractivity contribution in [3.63, 3.8) is 0 Å². The minimum absolute atomic E-state index is 0.0498. The summed E-state index contributed by atoms with van der Waals surface area (Å²) in [6.07, 6.45) is 0.940. The number of ether oxygens (including phenoxy) is 1. The summed E-state index contributed by atoms with van der Waals surface area (Å²) in [4.78, 5) is 13.3. The van der Waals surface area contributed by atoms with E-state index in [2.05, 4.69) is 11.4 Å². The topological polar surface area (TPSA) is 38.3 Å². The second kappa shape index (κ2) is 7.95. The van der Waals surface area contributed by atoms with Gasteiger partial charge in [-0.2, -0.15) is 0 Å². The third kappa shape index (κ3) is 4.46. The summed E-state index contributed by atoms with van der Waals surface area (Å²) in [5, 5.41) is 3.60. The largest absolute Gasteiger partial charge is 0.493 e. The molecule has 2 aromatic carbocycles. The molecule has 0 saturated carbocycles. The lowest BCUT2D eigenvalue weighted by Crippen LogP contribution is -2.38. The Labute approximate surface area is 151 Å². The van der Waals surface area contributed by atoms with Crippen LogP contribution in [0.5, 0.6) is 5.75 Å². The highest BCUT2D eigenvalue weighted by molar-refractivity contribution is 8.00. The summed E-state index contributed by atoms with van der Waals surface area (Å²) < 4.78 is 5.77. The van der Waals surface area contributed by atoms with Gasteiger partial charge in [-0.15, -0.1) is 11.8 Å². The fourth-order valence-electron chi connectivity index (χ4n) is 2.68. The molecule has 24 heavy (non-hydrogen) atoms. The van der Waals surface area contributed by atoms with Crippen molar-refractivity contribution in [3.8, 4) is 5.75 Å². The molecule has 1 N–H and O–H groups in total. The number of hydrogen-bond acceptors (Lipinski definition) is 3. The lowest BCUT2D eigenvalue weighted by molar-refractivity contribution is -0.120. The summed E-state index contributed by atoms with van der Waals surface area (Å²) in [6, 6.07) is 15.6. The number of nitrogens with one attached hydrogen (secondary N) is 1. The van der Waals surface area contributed by atoms with E-state index in [-0.39, 0.29) is 11.2 Å². The van der Waals surface area contributed by atoms with Crippen molar-refractivity contribution >= 4 is 29.3 Å². The molecule has 2 aromatic rings. The molecule has 0 bridgehead atoms. The third-order valence-electron chi connectivity index (χ3n) is 4.02. The fraction of sp³-hybridized carbons (Fsp3) is 0.316. The molecule has 0 aliphatic carbocycles. The van der Waals surface area contributed by atoms with Gasteiger partial charge >= 0.3 is 0 Å². The van der Waals surface area contributed by atoms with E-state index >= 15 is 0 Å². The van der Waals surface area contributed by atoms with Crippen molar-refractivity contribution in [2.24, 2.45) is 5.92 Å². The van der Waals surface area contributed by atoms with Gasteiger partial charge in [-0.05, 0) is 49.2 Å². The van der Waals surface area contributed by atoms with Crippen LogP contribution in [0.25, 0.3) is 0 Å². The van der Waals surface area contributed by atoms with Gasteiger partial charge in [0.05, 0.1) is 11.9 Å². The Morgan fingerprint density at radius 3 is 2.83 bits per heavy atom. The highest BCUT2D eigenvalue weighted by Crippen LogP contribution is 2.27. The van der Waals surface area contributed by atoms with Gasteiger partial charge in [0.25, 0.3) is 0 Å². The van der Waals surface area contributed by atoms with Crippen molar-refractivity contribution < 1.29 is 9.53 Å². The molecule has 1 heterocycles. The van der Waals surface area contributed by atoms with Crippen molar-refractivity contribution in [1.29, 1.82) is 0 Å². The Morgan fingerprint density at radius 1 is 1.29 bits per heavy atom. The van der Waals surface area contributed by atoms with Crippen LogP contribution in [0.15, 0.2) is 53.4 Å². The molecule has 0 saturated heterocycles. The van der Waals surface area contributed by atoms with Crippen LogP contribution in [0.1, 0.15) is 12.5 Å². The maximum absolute atomic E-state index is 12.3. The number of halogens is 1. The van der Waals surface area contributed by atoms with Gasteiger partial charge in [0.1, 0.15) is 5.75 Å². The summed E-state index contributed by atoms with van der Waals surface area (Å²) >= 11 is 7.42. The highest BCUT2D eigenvalue weighted by atomic mass is 35.5. The van der Waals surface area contributed by atoms with E-state index in [0.717, 1.165) is 17.1 Å². The molecular weight excluding hydrogens is 342 g/mol. The van der Waals surface area contributed by atoms with Gasteiger partial charge in [-0.3, -0.25) is 4.79 Å². The Morgan fingerprint density at radius 2 is 2.04 bits per heavy atom. The quantitative estimate of drug-likeness (QED) is 0.811. The molecule has 1 aliphatic heterocycles. The van der Waals surface area contributed by atoms with Crippen LogP contribution < -0.4 is 10.1 Å². The molecule has 1 amide bonds. The summed E-state index contributed by atoms with van der Waals surface area (Å²) in [5.74, 6) is 1.33. The average molecular weight is 362 g/mol. The molecular formula is C19H20ClNO2S. The van der Waals surface area contributed by atoms with Crippen LogP contribution >= 0.6 is 23.4 Å². The molecule has 0 spiro atoms. The summed E-state index contributed by atoms with van der Waals surface area (Å²) in [5.41, 5.74) is 1.21. The van der Waals surface area contributed by atoms with E-state index in [4.69, 9.17) is 16.3 Å². The maximum Gasteiger partial charge on any atom is 0.233 e. The molecule has 3 nitrogen and oxygen atoms in total. The average Bonchev–Trinajstić information content (AvgIpc) is 2.61. The minimum Gasteiger partial charge on any atom is -0.493 e. The van der Waals surface area contributed by atoms with Crippen LogP contribution in [0.4, 0.5) is 0 Å². The van der Waals surface area contributed by atoms with Crippen LogP contribution in [-0.4, -0.2) is 24.3 Å². The lowest BCUT2D eigenvalue weighted by atomic mass is 9.97. The number of benzene rings is 2. The SMILES string of the molecule is CC(Sc1ccc(Cl)cc1)C(=O)NCC1COc2ccccc2C1. The molecule has 0 radical (unpaired) electrons. The molecule has 2 unspecified atom stereocenters. The zero-order chi connectivity index (χ0) is 16.9. The number of carbonyl (C=O) groups excluding carboxylic acids is 1.